The number of phenols is 1. The molecule has 16 heteroatoms. The Morgan fingerprint density at radius 1 is 0.960 bits per heavy atom. The number of hydrogen-bond donors (Lipinski definition) is 11. The van der Waals surface area contributed by atoms with E-state index in [0.29, 0.717) is 5.56 Å². The molecular formula is C34H50N10O6. The Labute approximate surface area is 291 Å². The average Bonchev–Trinajstić information content (AvgIpc) is 3.84. The monoisotopic (exact) mass is 694 g/mol. The number of aromatic hydroxyl groups is 1. The van der Waals surface area contributed by atoms with E-state index in [4.69, 9.17) is 28.7 Å². The van der Waals surface area contributed by atoms with Gasteiger partial charge >= 0.3 is 0 Å². The van der Waals surface area contributed by atoms with Gasteiger partial charge in [0.15, 0.2) is 0 Å². The van der Waals surface area contributed by atoms with Gasteiger partial charge in [-0.3, -0.25) is 24.0 Å². The minimum atomic E-state index is -1.41. The number of phenolic OH excluding ortho intramolecular Hbond substituents is 1. The SMILES string of the molecule is C[C@@H](CN)C[C@@H]1NC(=O)[C@@H](N)Cc2cc(ccc2O)-c2cccc(c2)C2C[C@]2(C(=O)NCC(N)C(=O)NCC[C@H](N)C(=O)NCCN)NC1=O. The van der Waals surface area contributed by atoms with Gasteiger partial charge in [-0.1, -0.05) is 37.3 Å². The molecule has 272 valence electrons. The average molecular weight is 695 g/mol. The number of nitrogens with one attached hydrogen (secondary N) is 5. The molecule has 2 aromatic carbocycles. The highest BCUT2D eigenvalue weighted by Crippen LogP contribution is 2.52. The molecule has 1 heterocycles. The molecule has 1 aliphatic heterocycles. The highest BCUT2D eigenvalue weighted by atomic mass is 16.3. The number of fused-ring (bicyclic) bond motifs is 7. The van der Waals surface area contributed by atoms with Gasteiger partial charge in [0.2, 0.25) is 29.5 Å². The number of carbonyl (C=O) groups is 5. The summed E-state index contributed by atoms with van der Waals surface area (Å²) in [4.78, 5) is 65.7. The molecule has 0 spiro atoms. The van der Waals surface area contributed by atoms with Crippen molar-refractivity contribution in [1.29, 1.82) is 0 Å². The molecular weight excluding hydrogens is 644 g/mol. The van der Waals surface area contributed by atoms with E-state index in [1.165, 1.54) is 0 Å². The van der Waals surface area contributed by atoms with E-state index in [2.05, 4.69) is 26.6 Å². The summed E-state index contributed by atoms with van der Waals surface area (Å²) in [6.45, 7) is 2.48. The second-order valence-electron chi connectivity index (χ2n) is 13.2. The van der Waals surface area contributed by atoms with Crippen LogP contribution in [0.15, 0.2) is 42.5 Å². The highest BCUT2D eigenvalue weighted by Gasteiger charge is 2.62. The summed E-state index contributed by atoms with van der Waals surface area (Å²) in [5.41, 5.74) is 30.9. The van der Waals surface area contributed by atoms with Crippen LogP contribution in [0, 0.1) is 5.92 Å². The van der Waals surface area contributed by atoms with Crippen LogP contribution in [0.3, 0.4) is 0 Å². The van der Waals surface area contributed by atoms with E-state index in [1.54, 1.807) is 18.2 Å². The van der Waals surface area contributed by atoms with E-state index >= 15 is 0 Å². The fourth-order valence-corrected chi connectivity index (χ4v) is 6.01. The molecule has 7 atom stereocenters. The Hall–Kier alpha value is -4.61. The summed E-state index contributed by atoms with van der Waals surface area (Å²) in [6.07, 6.45) is 0.607. The molecule has 0 aromatic heterocycles. The maximum atomic E-state index is 13.9. The zero-order chi connectivity index (χ0) is 36.6. The van der Waals surface area contributed by atoms with E-state index in [1.807, 2.05) is 31.2 Å². The van der Waals surface area contributed by atoms with Crippen molar-refractivity contribution in [2.24, 2.45) is 34.6 Å². The number of carbonyl (C=O) groups excluding carboxylic acids is 5. The van der Waals surface area contributed by atoms with Gasteiger partial charge in [0.1, 0.15) is 23.4 Å². The molecule has 16 nitrogen and oxygen atoms in total. The smallest absolute Gasteiger partial charge is 0.246 e. The lowest BCUT2D eigenvalue weighted by molar-refractivity contribution is -0.133. The summed E-state index contributed by atoms with van der Waals surface area (Å²) in [6, 6.07) is 8.42. The Kier molecular flexibility index (Phi) is 12.9. The van der Waals surface area contributed by atoms with Gasteiger partial charge < -0.3 is 60.4 Å². The number of amides is 5. The van der Waals surface area contributed by atoms with Gasteiger partial charge in [-0.2, -0.15) is 0 Å². The molecule has 0 saturated heterocycles. The van der Waals surface area contributed by atoms with Gasteiger partial charge in [0.25, 0.3) is 0 Å². The normalized spacial score (nSPS) is 23.4. The van der Waals surface area contributed by atoms with Gasteiger partial charge in [-0.25, -0.2) is 0 Å². The fourth-order valence-electron chi connectivity index (χ4n) is 6.01. The Balaban J connectivity index is 1.55. The van der Waals surface area contributed by atoms with Crippen molar-refractivity contribution in [2.75, 3.05) is 32.7 Å². The molecule has 2 unspecified atom stereocenters. The molecule has 2 aromatic rings. The van der Waals surface area contributed by atoms with E-state index < -0.39 is 59.3 Å². The predicted molar refractivity (Wildman–Crippen MR) is 187 cm³/mol. The lowest BCUT2D eigenvalue weighted by atomic mass is 9.96. The first kappa shape index (κ1) is 38.2. The molecule has 0 radical (unpaired) electrons. The van der Waals surface area contributed by atoms with Crippen molar-refractivity contribution in [3.05, 3.63) is 53.6 Å². The molecule has 50 heavy (non-hydrogen) atoms. The fraction of sp³-hybridized carbons (Fsp3) is 0.500. The molecule has 1 fully saturated rings. The first-order chi connectivity index (χ1) is 23.8. The second-order valence-corrected chi connectivity index (χ2v) is 13.2. The zero-order valence-electron chi connectivity index (χ0n) is 28.2. The van der Waals surface area contributed by atoms with Crippen molar-refractivity contribution >= 4 is 29.5 Å². The minimum Gasteiger partial charge on any atom is -0.508 e. The van der Waals surface area contributed by atoms with Crippen molar-refractivity contribution in [2.45, 2.75) is 68.2 Å². The molecule has 5 amide bonds. The van der Waals surface area contributed by atoms with Gasteiger partial charge in [0.05, 0.1) is 12.1 Å². The van der Waals surface area contributed by atoms with Crippen LogP contribution in [-0.2, 0) is 30.4 Å². The summed E-state index contributed by atoms with van der Waals surface area (Å²) in [7, 11) is 0. The molecule has 16 N–H and O–H groups in total. The van der Waals surface area contributed by atoms with Gasteiger partial charge in [-0.05, 0) is 66.1 Å². The summed E-state index contributed by atoms with van der Waals surface area (Å²) in [5.74, 6) is -3.31. The summed E-state index contributed by atoms with van der Waals surface area (Å²) >= 11 is 0. The van der Waals surface area contributed by atoms with E-state index in [9.17, 15) is 29.1 Å². The van der Waals surface area contributed by atoms with Crippen molar-refractivity contribution in [3.8, 4) is 16.9 Å². The van der Waals surface area contributed by atoms with Crippen LogP contribution in [0.1, 0.15) is 43.2 Å². The van der Waals surface area contributed by atoms with Crippen LogP contribution in [0.2, 0.25) is 0 Å². The van der Waals surface area contributed by atoms with Crippen LogP contribution in [-0.4, -0.2) is 97.1 Å². The molecule has 2 aliphatic rings. The summed E-state index contributed by atoms with van der Waals surface area (Å²) < 4.78 is 0. The predicted octanol–water partition coefficient (Wildman–Crippen LogP) is -2.89. The summed E-state index contributed by atoms with van der Waals surface area (Å²) in [5, 5.41) is 24.1. The zero-order valence-corrected chi connectivity index (χ0v) is 28.2. The first-order valence-electron chi connectivity index (χ1n) is 16.8. The number of rotatable bonds is 13. The van der Waals surface area contributed by atoms with Gasteiger partial charge in [0, 0.05) is 38.5 Å². The lowest BCUT2D eigenvalue weighted by Crippen LogP contribution is -2.59. The maximum Gasteiger partial charge on any atom is 0.246 e. The number of hydrogen-bond acceptors (Lipinski definition) is 11. The third-order valence-corrected chi connectivity index (χ3v) is 9.22. The number of benzene rings is 2. The Morgan fingerprint density at radius 3 is 2.38 bits per heavy atom. The molecule has 1 aliphatic carbocycles. The topological polar surface area (TPSA) is 296 Å². The Morgan fingerprint density at radius 2 is 1.66 bits per heavy atom. The number of nitrogens with two attached hydrogens (primary N) is 5. The standard InChI is InChI=1S/C34H50N10O6/c1-18(16-36)11-27-32(49)44-34(33(50)42-17-26(39)30(47)40-9-7-24(37)29(46)41-10-8-35)15-23(34)21-4-2-3-19(12-21)20-5-6-28(45)22(13-20)14-25(38)31(48)43-27/h2-6,12-13,18,23-27,45H,7-11,14-17,35-39H2,1H3,(H,40,47)(H,41,46)(H,42,50)(H,43,48)(H,44,49)/t18-,23?,24+,25+,26?,27+,34+/m1/s1. The second kappa shape index (κ2) is 16.9. The largest absolute Gasteiger partial charge is 0.508 e. The van der Waals surface area contributed by atoms with Crippen LogP contribution in [0.4, 0.5) is 0 Å². The van der Waals surface area contributed by atoms with Crippen LogP contribution in [0.5, 0.6) is 5.75 Å². The Bertz CT molecular complexity index is 1570. The van der Waals surface area contributed by atoms with E-state index in [0.717, 1.165) is 16.7 Å². The third kappa shape index (κ3) is 9.34. The van der Waals surface area contributed by atoms with Crippen molar-refractivity contribution in [3.63, 3.8) is 0 Å². The lowest BCUT2D eigenvalue weighted by Gasteiger charge is -2.27. The van der Waals surface area contributed by atoms with Crippen LogP contribution in [0.25, 0.3) is 11.1 Å². The van der Waals surface area contributed by atoms with E-state index in [-0.39, 0.29) is 76.0 Å². The van der Waals surface area contributed by atoms with Crippen LogP contribution >= 0.6 is 0 Å². The van der Waals surface area contributed by atoms with Gasteiger partial charge in [-0.15, -0.1) is 0 Å². The van der Waals surface area contributed by atoms with Crippen LogP contribution < -0.4 is 55.3 Å². The minimum absolute atomic E-state index is 0.0115. The third-order valence-electron chi connectivity index (χ3n) is 9.22. The molecule has 1 saturated carbocycles. The molecule has 4 rings (SSSR count). The quantitative estimate of drug-likeness (QED) is 0.101. The maximum absolute atomic E-state index is 13.9. The first-order valence-corrected chi connectivity index (χ1v) is 16.8. The van der Waals surface area contributed by atoms with Crippen molar-refractivity contribution < 1.29 is 29.1 Å². The highest BCUT2D eigenvalue weighted by molar-refractivity contribution is 5.99. The van der Waals surface area contributed by atoms with Crippen molar-refractivity contribution in [1.82, 2.24) is 26.6 Å². The molecule has 4 bridgehead atoms.